The Morgan fingerprint density at radius 2 is 1.26 bits per heavy atom. The highest BCUT2D eigenvalue weighted by molar-refractivity contribution is 6.08. The summed E-state index contributed by atoms with van der Waals surface area (Å²) >= 11 is 0. The molecule has 0 rings (SSSR count). The topological polar surface area (TPSA) is 0 Å². The Hall–Kier alpha value is -0.455. The molecule has 0 amide bonds. The summed E-state index contributed by atoms with van der Waals surface area (Å²) in [6, 6.07) is 0. The van der Waals surface area contributed by atoms with Gasteiger partial charge in [-0.05, 0) is 45.4 Å². The van der Waals surface area contributed by atoms with E-state index in [1.165, 1.54) is 88.9 Å². The van der Waals surface area contributed by atoms with Crippen LogP contribution in [-0.4, -0.2) is 7.85 Å². The molecule has 0 radical (unpaired) electrons. The molecule has 0 aromatic carbocycles. The fourth-order valence-electron chi connectivity index (χ4n) is 2.32. The summed E-state index contributed by atoms with van der Waals surface area (Å²) in [6.07, 6.45) is 22.5. The van der Waals surface area contributed by atoms with Gasteiger partial charge in [0.15, 0.2) is 0 Å². The van der Waals surface area contributed by atoms with Gasteiger partial charge in [-0.2, -0.15) is 0 Å². The van der Waals surface area contributed by atoms with E-state index in [4.69, 9.17) is 0 Å². The van der Waals surface area contributed by atoms with Crippen LogP contribution in [0.2, 0.25) is 6.32 Å². The lowest BCUT2D eigenvalue weighted by molar-refractivity contribution is 0.633. The molecular formula is C18H35B. The minimum Gasteiger partial charge on any atom is -0.100 e. The van der Waals surface area contributed by atoms with E-state index in [0.717, 1.165) is 0 Å². The van der Waals surface area contributed by atoms with Crippen molar-refractivity contribution >= 4 is 7.85 Å². The summed E-state index contributed by atoms with van der Waals surface area (Å²) < 4.78 is 0. The maximum atomic E-state index is 3.94. The molecule has 0 heterocycles. The van der Waals surface area contributed by atoms with Gasteiger partial charge >= 0.3 is 0 Å². The Morgan fingerprint density at radius 1 is 0.789 bits per heavy atom. The van der Waals surface area contributed by atoms with Crippen molar-refractivity contribution in [2.24, 2.45) is 0 Å². The van der Waals surface area contributed by atoms with Crippen molar-refractivity contribution in [2.45, 2.75) is 90.3 Å². The van der Waals surface area contributed by atoms with E-state index in [0.29, 0.717) is 0 Å². The zero-order valence-corrected chi connectivity index (χ0v) is 13.6. The van der Waals surface area contributed by atoms with E-state index >= 15 is 0 Å². The first-order chi connectivity index (χ1) is 9.27. The molecule has 0 N–H and O–H groups in total. The molecule has 0 bridgehead atoms. The molecule has 0 aliphatic carbocycles. The predicted molar refractivity (Wildman–Crippen MR) is 92.7 cm³/mol. The first-order valence-electron chi connectivity index (χ1n) is 8.56. The van der Waals surface area contributed by atoms with Crippen molar-refractivity contribution in [3.8, 4) is 0 Å². The van der Waals surface area contributed by atoms with Crippen LogP contribution in [0.15, 0.2) is 24.3 Å². The van der Waals surface area contributed by atoms with Crippen molar-refractivity contribution in [3.05, 3.63) is 24.3 Å². The van der Waals surface area contributed by atoms with E-state index < -0.39 is 0 Å². The van der Waals surface area contributed by atoms with Crippen molar-refractivity contribution in [3.63, 3.8) is 0 Å². The molecule has 0 aromatic heterocycles. The van der Waals surface area contributed by atoms with E-state index in [2.05, 4.69) is 33.5 Å². The molecule has 0 saturated carbocycles. The summed E-state index contributed by atoms with van der Waals surface area (Å²) in [4.78, 5) is 0. The maximum absolute atomic E-state index is 3.94. The molecule has 0 unspecified atom stereocenters. The Balaban J connectivity index is 3.07. The average Bonchev–Trinajstić information content (AvgIpc) is 2.39. The number of rotatable bonds is 14. The SMILES string of the molecule is BCCCCCCC/C=C/CCCCCCC(=C)C. The van der Waals surface area contributed by atoms with Crippen LogP contribution in [0.3, 0.4) is 0 Å². The van der Waals surface area contributed by atoms with Crippen molar-refractivity contribution < 1.29 is 0 Å². The van der Waals surface area contributed by atoms with Crippen LogP contribution in [0.25, 0.3) is 0 Å². The minimum absolute atomic E-state index is 1.22. The molecule has 0 fully saturated rings. The van der Waals surface area contributed by atoms with Gasteiger partial charge in [-0.15, -0.1) is 6.58 Å². The van der Waals surface area contributed by atoms with E-state index in [1.807, 2.05) is 0 Å². The van der Waals surface area contributed by atoms with Gasteiger partial charge in [0.1, 0.15) is 7.85 Å². The van der Waals surface area contributed by atoms with Crippen molar-refractivity contribution in [1.29, 1.82) is 0 Å². The fraction of sp³-hybridized carbons (Fsp3) is 0.778. The summed E-state index contributed by atoms with van der Waals surface area (Å²) in [7, 11) is 2.28. The number of hydrogen-bond donors (Lipinski definition) is 0. The van der Waals surface area contributed by atoms with Gasteiger partial charge < -0.3 is 0 Å². The maximum Gasteiger partial charge on any atom is 0.101 e. The average molecular weight is 262 g/mol. The van der Waals surface area contributed by atoms with Gasteiger partial charge in [0, 0.05) is 0 Å². The first-order valence-corrected chi connectivity index (χ1v) is 8.56. The van der Waals surface area contributed by atoms with E-state index in [9.17, 15) is 0 Å². The van der Waals surface area contributed by atoms with Gasteiger partial charge in [0.2, 0.25) is 0 Å². The highest BCUT2D eigenvalue weighted by atomic mass is 14.0. The quantitative estimate of drug-likeness (QED) is 0.209. The molecular weight excluding hydrogens is 227 g/mol. The molecule has 0 aliphatic heterocycles. The molecule has 0 spiro atoms. The summed E-state index contributed by atoms with van der Waals surface area (Å²) in [5.41, 5.74) is 1.33. The monoisotopic (exact) mass is 262 g/mol. The van der Waals surface area contributed by atoms with Gasteiger partial charge in [0.05, 0.1) is 0 Å². The minimum atomic E-state index is 1.22. The molecule has 1 heteroatoms. The zero-order valence-electron chi connectivity index (χ0n) is 13.6. The molecule has 0 aromatic rings. The Kier molecular flexibility index (Phi) is 15.2. The van der Waals surface area contributed by atoms with Crippen LogP contribution in [0.1, 0.15) is 84.0 Å². The van der Waals surface area contributed by atoms with Crippen LogP contribution >= 0.6 is 0 Å². The first kappa shape index (κ1) is 18.5. The second-order valence-corrected chi connectivity index (χ2v) is 5.94. The normalized spacial score (nSPS) is 11.2. The molecule has 0 aliphatic rings. The molecule has 0 saturated heterocycles. The lowest BCUT2D eigenvalue weighted by atomic mass is 9.98. The molecule has 0 nitrogen and oxygen atoms in total. The van der Waals surface area contributed by atoms with Crippen LogP contribution < -0.4 is 0 Å². The fourth-order valence-corrected chi connectivity index (χ4v) is 2.32. The van der Waals surface area contributed by atoms with Crippen molar-refractivity contribution in [2.75, 3.05) is 0 Å². The van der Waals surface area contributed by atoms with Gasteiger partial charge in [-0.1, -0.05) is 62.6 Å². The Labute approximate surface area is 123 Å². The van der Waals surface area contributed by atoms with Crippen LogP contribution in [0.4, 0.5) is 0 Å². The van der Waals surface area contributed by atoms with Gasteiger partial charge in [-0.3, -0.25) is 0 Å². The predicted octanol–water partition coefficient (Wildman–Crippen LogP) is 5.85. The van der Waals surface area contributed by atoms with Crippen LogP contribution in [0, 0.1) is 0 Å². The highest BCUT2D eigenvalue weighted by Gasteiger charge is 1.90. The van der Waals surface area contributed by atoms with Gasteiger partial charge in [0.25, 0.3) is 0 Å². The van der Waals surface area contributed by atoms with E-state index in [1.54, 1.807) is 0 Å². The molecule has 110 valence electrons. The molecule has 0 atom stereocenters. The summed E-state index contributed by atoms with van der Waals surface area (Å²) in [5.74, 6) is 0. The lowest BCUT2D eigenvalue weighted by Gasteiger charge is -1.99. The third-order valence-electron chi connectivity index (χ3n) is 3.62. The van der Waals surface area contributed by atoms with Crippen molar-refractivity contribution in [1.82, 2.24) is 0 Å². The number of unbranched alkanes of at least 4 members (excludes halogenated alkanes) is 9. The standard InChI is InChI=1S/C18H35B/c1-18(2)16-14-12-10-8-6-4-3-5-7-9-11-13-15-17-19/h3-4H,1,5-17,19H2,2H3/b4-3+. The lowest BCUT2D eigenvalue weighted by Crippen LogP contribution is -1.80. The third-order valence-corrected chi connectivity index (χ3v) is 3.62. The summed E-state index contributed by atoms with van der Waals surface area (Å²) in [5, 5.41) is 0. The van der Waals surface area contributed by atoms with Crippen LogP contribution in [-0.2, 0) is 0 Å². The number of hydrogen-bond acceptors (Lipinski definition) is 0. The Morgan fingerprint density at radius 3 is 1.79 bits per heavy atom. The van der Waals surface area contributed by atoms with E-state index in [-0.39, 0.29) is 0 Å². The zero-order chi connectivity index (χ0) is 14.2. The van der Waals surface area contributed by atoms with Crippen LogP contribution in [0.5, 0.6) is 0 Å². The molecule has 19 heavy (non-hydrogen) atoms. The second-order valence-electron chi connectivity index (χ2n) is 5.94. The third kappa shape index (κ3) is 17.5. The largest absolute Gasteiger partial charge is 0.101 e. The second kappa shape index (κ2) is 15.6. The van der Waals surface area contributed by atoms with Gasteiger partial charge in [-0.25, -0.2) is 0 Å². The highest BCUT2D eigenvalue weighted by Crippen LogP contribution is 2.10. The summed E-state index contributed by atoms with van der Waals surface area (Å²) in [6.45, 7) is 6.07. The Bertz CT molecular complexity index is 218. The number of allylic oxidation sites excluding steroid dienone is 3. The smallest absolute Gasteiger partial charge is 0.100 e.